The number of nitrogens with one attached hydrogen (secondary N) is 1. The first-order chi connectivity index (χ1) is 9.95. The number of amides is 1. The molecule has 1 unspecified atom stereocenters. The maximum Gasteiger partial charge on any atom is 0.331 e. The molecule has 0 aliphatic heterocycles. The highest BCUT2D eigenvalue weighted by atomic mass is 16.4. The molecule has 1 heterocycles. The van der Waals surface area contributed by atoms with Crippen molar-refractivity contribution in [3.05, 3.63) is 47.8 Å². The van der Waals surface area contributed by atoms with Crippen molar-refractivity contribution in [2.45, 2.75) is 12.5 Å². The Balaban J connectivity index is 2.07. The number of carboxylic acids is 1. The van der Waals surface area contributed by atoms with Crippen LogP contribution in [0.3, 0.4) is 0 Å². The minimum absolute atomic E-state index is 0.0646. The van der Waals surface area contributed by atoms with Crippen molar-refractivity contribution in [3.8, 4) is 0 Å². The van der Waals surface area contributed by atoms with Crippen LogP contribution < -0.4 is 11.1 Å². The number of nitrogens with two attached hydrogens (primary N) is 1. The first kappa shape index (κ1) is 14.6. The van der Waals surface area contributed by atoms with Crippen LogP contribution in [0.2, 0.25) is 0 Å². The van der Waals surface area contributed by atoms with Crippen LogP contribution in [0.4, 0.5) is 5.69 Å². The molecule has 1 atom stereocenters. The van der Waals surface area contributed by atoms with Crippen molar-refractivity contribution in [2.24, 2.45) is 7.05 Å². The standard InChI is InChI=1S/C14H16N4O3/c1-18-8-10(7-16-18)13(14(20)21)17-12(19)6-9-3-2-4-11(15)5-9/h2-5,7-8,13H,6,15H2,1H3,(H,17,19)(H,20,21). The molecule has 1 aromatic carbocycles. The number of rotatable bonds is 5. The second-order valence-electron chi connectivity index (χ2n) is 4.71. The van der Waals surface area contributed by atoms with Gasteiger partial charge in [0, 0.05) is 24.5 Å². The second kappa shape index (κ2) is 6.08. The Labute approximate surface area is 121 Å². The van der Waals surface area contributed by atoms with Gasteiger partial charge in [-0.05, 0) is 17.7 Å². The number of benzene rings is 1. The molecule has 0 aliphatic carbocycles. The van der Waals surface area contributed by atoms with E-state index in [4.69, 9.17) is 5.73 Å². The molecule has 2 rings (SSSR count). The average molecular weight is 288 g/mol. The first-order valence-corrected chi connectivity index (χ1v) is 6.31. The highest BCUT2D eigenvalue weighted by Crippen LogP contribution is 2.13. The number of nitrogens with zero attached hydrogens (tertiary/aromatic N) is 2. The van der Waals surface area contributed by atoms with Crippen molar-refractivity contribution in [3.63, 3.8) is 0 Å². The Kier molecular flexibility index (Phi) is 4.22. The fourth-order valence-corrected chi connectivity index (χ4v) is 1.98. The molecular weight excluding hydrogens is 272 g/mol. The van der Waals surface area contributed by atoms with Crippen molar-refractivity contribution in [2.75, 3.05) is 5.73 Å². The largest absolute Gasteiger partial charge is 0.479 e. The van der Waals surface area contributed by atoms with Crippen LogP contribution in [0.1, 0.15) is 17.2 Å². The summed E-state index contributed by atoms with van der Waals surface area (Å²) in [6.45, 7) is 0. The molecule has 7 nitrogen and oxygen atoms in total. The van der Waals surface area contributed by atoms with Gasteiger partial charge < -0.3 is 16.2 Å². The summed E-state index contributed by atoms with van der Waals surface area (Å²) in [5.74, 6) is -1.53. The summed E-state index contributed by atoms with van der Waals surface area (Å²) in [5, 5.41) is 15.6. The maximum atomic E-state index is 12.0. The number of carbonyl (C=O) groups excluding carboxylic acids is 1. The zero-order valence-corrected chi connectivity index (χ0v) is 11.5. The van der Waals surface area contributed by atoms with Crippen LogP contribution in [0, 0.1) is 0 Å². The molecule has 0 saturated carbocycles. The molecule has 0 bridgehead atoms. The second-order valence-corrected chi connectivity index (χ2v) is 4.71. The number of aliphatic carboxylic acids is 1. The normalized spacial score (nSPS) is 11.9. The summed E-state index contributed by atoms with van der Waals surface area (Å²) in [6, 6.07) is 5.78. The fraction of sp³-hybridized carbons (Fsp3) is 0.214. The highest BCUT2D eigenvalue weighted by Gasteiger charge is 2.23. The lowest BCUT2D eigenvalue weighted by atomic mass is 10.1. The SMILES string of the molecule is Cn1cc(C(NC(=O)Cc2cccc(N)c2)C(=O)O)cn1. The molecule has 0 aliphatic rings. The van der Waals surface area contributed by atoms with Gasteiger partial charge in [-0.1, -0.05) is 12.1 Å². The van der Waals surface area contributed by atoms with Gasteiger partial charge in [0.1, 0.15) is 0 Å². The molecule has 2 aromatic rings. The molecule has 110 valence electrons. The zero-order valence-electron chi connectivity index (χ0n) is 11.5. The van der Waals surface area contributed by atoms with Crippen LogP contribution in [0.25, 0.3) is 0 Å². The minimum Gasteiger partial charge on any atom is -0.479 e. The fourth-order valence-electron chi connectivity index (χ4n) is 1.98. The van der Waals surface area contributed by atoms with Crippen LogP contribution in [-0.4, -0.2) is 26.8 Å². The van der Waals surface area contributed by atoms with Gasteiger partial charge in [0.15, 0.2) is 6.04 Å². The van der Waals surface area contributed by atoms with Crippen LogP contribution in [-0.2, 0) is 23.1 Å². The van der Waals surface area contributed by atoms with E-state index >= 15 is 0 Å². The smallest absolute Gasteiger partial charge is 0.331 e. The zero-order chi connectivity index (χ0) is 15.4. The Morgan fingerprint density at radius 1 is 1.48 bits per heavy atom. The molecule has 0 radical (unpaired) electrons. The summed E-state index contributed by atoms with van der Waals surface area (Å²) in [7, 11) is 1.68. The van der Waals surface area contributed by atoms with Gasteiger partial charge in [-0.15, -0.1) is 0 Å². The van der Waals surface area contributed by atoms with Crippen molar-refractivity contribution >= 4 is 17.6 Å². The predicted octanol–water partition coefficient (Wildman–Crippen LogP) is 0.487. The summed E-state index contributed by atoms with van der Waals surface area (Å²) < 4.78 is 1.48. The van der Waals surface area contributed by atoms with E-state index < -0.39 is 17.9 Å². The lowest BCUT2D eigenvalue weighted by molar-refractivity contribution is -0.141. The summed E-state index contributed by atoms with van der Waals surface area (Å²) in [6.07, 6.45) is 3.04. The number of anilines is 1. The first-order valence-electron chi connectivity index (χ1n) is 6.31. The molecule has 4 N–H and O–H groups in total. The Hall–Kier alpha value is -2.83. The number of nitrogen functional groups attached to an aromatic ring is 1. The van der Waals surface area contributed by atoms with Gasteiger partial charge in [-0.2, -0.15) is 5.10 Å². The summed E-state index contributed by atoms with van der Waals surface area (Å²) in [4.78, 5) is 23.3. The maximum absolute atomic E-state index is 12.0. The van der Waals surface area contributed by atoms with Gasteiger partial charge in [-0.3, -0.25) is 9.48 Å². The third kappa shape index (κ3) is 3.82. The van der Waals surface area contributed by atoms with Crippen LogP contribution in [0.15, 0.2) is 36.7 Å². The molecule has 0 saturated heterocycles. The van der Waals surface area contributed by atoms with E-state index in [1.54, 1.807) is 37.5 Å². The van der Waals surface area contributed by atoms with Crippen molar-refractivity contribution in [1.29, 1.82) is 0 Å². The third-order valence-electron chi connectivity index (χ3n) is 2.93. The number of hydrogen-bond donors (Lipinski definition) is 3. The van der Waals surface area contributed by atoms with Gasteiger partial charge in [0.2, 0.25) is 5.91 Å². The van der Waals surface area contributed by atoms with Gasteiger partial charge in [-0.25, -0.2) is 4.79 Å². The van der Waals surface area contributed by atoms with Gasteiger partial charge in [0.25, 0.3) is 0 Å². The molecule has 0 fully saturated rings. The molecule has 0 spiro atoms. The Morgan fingerprint density at radius 2 is 2.24 bits per heavy atom. The monoisotopic (exact) mass is 288 g/mol. The number of carbonyl (C=O) groups is 2. The predicted molar refractivity (Wildman–Crippen MR) is 76.3 cm³/mol. The van der Waals surface area contributed by atoms with E-state index in [1.165, 1.54) is 10.9 Å². The Morgan fingerprint density at radius 3 is 2.81 bits per heavy atom. The molecule has 7 heteroatoms. The van der Waals surface area contributed by atoms with Gasteiger partial charge in [0.05, 0.1) is 12.6 Å². The summed E-state index contributed by atoms with van der Waals surface area (Å²) in [5.41, 5.74) is 7.35. The average Bonchev–Trinajstić information content (AvgIpc) is 2.82. The van der Waals surface area contributed by atoms with E-state index in [9.17, 15) is 14.7 Å². The molecule has 1 aromatic heterocycles. The molecular formula is C14H16N4O3. The number of carboxylic acid groups (broad SMARTS) is 1. The number of aryl methyl sites for hydroxylation is 1. The van der Waals surface area contributed by atoms with E-state index in [0.717, 1.165) is 5.56 Å². The van der Waals surface area contributed by atoms with Crippen molar-refractivity contribution < 1.29 is 14.7 Å². The third-order valence-corrected chi connectivity index (χ3v) is 2.93. The Bertz CT molecular complexity index is 666. The van der Waals surface area contributed by atoms with Gasteiger partial charge >= 0.3 is 5.97 Å². The number of aromatic nitrogens is 2. The topological polar surface area (TPSA) is 110 Å². The van der Waals surface area contributed by atoms with E-state index in [2.05, 4.69) is 10.4 Å². The molecule has 21 heavy (non-hydrogen) atoms. The van der Waals surface area contributed by atoms with E-state index in [0.29, 0.717) is 11.3 Å². The van der Waals surface area contributed by atoms with Crippen LogP contribution in [0.5, 0.6) is 0 Å². The lowest BCUT2D eigenvalue weighted by Crippen LogP contribution is -2.34. The highest BCUT2D eigenvalue weighted by molar-refractivity contribution is 5.85. The molecule has 1 amide bonds. The number of hydrogen-bond acceptors (Lipinski definition) is 4. The minimum atomic E-state index is -1.14. The van der Waals surface area contributed by atoms with E-state index in [1.807, 2.05) is 0 Å². The quantitative estimate of drug-likeness (QED) is 0.693. The van der Waals surface area contributed by atoms with E-state index in [-0.39, 0.29) is 6.42 Å². The lowest BCUT2D eigenvalue weighted by Gasteiger charge is -2.13. The van der Waals surface area contributed by atoms with Crippen LogP contribution >= 0.6 is 0 Å². The summed E-state index contributed by atoms with van der Waals surface area (Å²) >= 11 is 0. The van der Waals surface area contributed by atoms with Crippen molar-refractivity contribution in [1.82, 2.24) is 15.1 Å².